The van der Waals surface area contributed by atoms with Crippen LogP contribution in [0.25, 0.3) is 0 Å². The van der Waals surface area contributed by atoms with Crippen molar-refractivity contribution >= 4 is 41.8 Å². The van der Waals surface area contributed by atoms with Crippen LogP contribution in [0.1, 0.15) is 71.2 Å². The van der Waals surface area contributed by atoms with Gasteiger partial charge in [-0.25, -0.2) is 0 Å². The van der Waals surface area contributed by atoms with Crippen LogP contribution in [0.5, 0.6) is 0 Å². The SMILES string of the molecule is O=Cc1ccc(CCC(=O)NCC2CCC(C(=O)NCCCC(=O)CCl)CC2)cc1C=O. The maximum atomic E-state index is 12.3. The summed E-state index contributed by atoms with van der Waals surface area (Å²) >= 11 is 5.46. The summed E-state index contributed by atoms with van der Waals surface area (Å²) in [7, 11) is 0. The highest BCUT2D eigenvalue weighted by atomic mass is 35.5. The molecule has 1 fully saturated rings. The van der Waals surface area contributed by atoms with E-state index >= 15 is 0 Å². The number of carbonyl (C=O) groups excluding carboxylic acids is 5. The van der Waals surface area contributed by atoms with E-state index in [1.807, 2.05) is 0 Å². The Bertz CT molecular complexity index is 819. The largest absolute Gasteiger partial charge is 0.356 e. The molecule has 0 atom stereocenters. The lowest BCUT2D eigenvalue weighted by Gasteiger charge is -2.28. The molecule has 0 unspecified atom stereocenters. The molecule has 174 valence electrons. The van der Waals surface area contributed by atoms with Gasteiger partial charge in [-0.15, -0.1) is 11.6 Å². The summed E-state index contributed by atoms with van der Waals surface area (Å²) in [5.41, 5.74) is 1.52. The quantitative estimate of drug-likeness (QED) is 0.266. The number of hydrogen-bond donors (Lipinski definition) is 2. The molecule has 0 radical (unpaired) electrons. The van der Waals surface area contributed by atoms with Gasteiger partial charge in [0.15, 0.2) is 12.6 Å². The van der Waals surface area contributed by atoms with Crippen molar-refractivity contribution in [2.45, 2.75) is 51.4 Å². The summed E-state index contributed by atoms with van der Waals surface area (Å²) in [6.07, 6.45) is 6.45. The highest BCUT2D eigenvalue weighted by molar-refractivity contribution is 6.27. The van der Waals surface area contributed by atoms with Crippen molar-refractivity contribution in [1.29, 1.82) is 0 Å². The highest BCUT2D eigenvalue weighted by Crippen LogP contribution is 2.28. The molecule has 1 aliphatic carbocycles. The molecule has 0 aromatic heterocycles. The van der Waals surface area contributed by atoms with E-state index in [4.69, 9.17) is 11.6 Å². The minimum atomic E-state index is -0.0523. The molecular weight excluding hydrogens is 432 g/mol. The molecule has 2 amide bonds. The van der Waals surface area contributed by atoms with Gasteiger partial charge in [-0.2, -0.15) is 0 Å². The molecule has 2 rings (SSSR count). The predicted molar refractivity (Wildman–Crippen MR) is 122 cm³/mol. The third kappa shape index (κ3) is 8.54. The maximum Gasteiger partial charge on any atom is 0.223 e. The van der Waals surface area contributed by atoms with Gasteiger partial charge in [-0.1, -0.05) is 12.1 Å². The summed E-state index contributed by atoms with van der Waals surface area (Å²) in [5, 5.41) is 5.87. The number of aldehydes is 2. The standard InChI is InChI=1S/C24H31ClN2O5/c25-13-22(30)2-1-11-26-24(32)19-7-4-18(5-8-19)14-27-23(31)10-6-17-3-9-20(15-28)21(12-17)16-29/h3,9,12,15-16,18-19H,1-2,4-8,10-11,13-14H2,(H,26,32)(H,27,31). The molecule has 0 bridgehead atoms. The fraction of sp³-hybridized carbons (Fsp3) is 0.542. The number of rotatable bonds is 13. The topological polar surface area (TPSA) is 109 Å². The highest BCUT2D eigenvalue weighted by Gasteiger charge is 2.26. The Morgan fingerprint density at radius 1 is 0.969 bits per heavy atom. The Morgan fingerprint density at radius 3 is 2.34 bits per heavy atom. The van der Waals surface area contributed by atoms with E-state index in [9.17, 15) is 24.0 Å². The van der Waals surface area contributed by atoms with Gasteiger partial charge in [-0.05, 0) is 56.1 Å². The Hall–Kier alpha value is -2.54. The van der Waals surface area contributed by atoms with Crippen molar-refractivity contribution in [3.63, 3.8) is 0 Å². The van der Waals surface area contributed by atoms with E-state index in [2.05, 4.69) is 10.6 Å². The van der Waals surface area contributed by atoms with E-state index in [1.54, 1.807) is 18.2 Å². The Labute approximate surface area is 193 Å². The van der Waals surface area contributed by atoms with Crippen LogP contribution in [-0.2, 0) is 20.8 Å². The van der Waals surface area contributed by atoms with E-state index in [-0.39, 0.29) is 29.4 Å². The first-order chi connectivity index (χ1) is 15.5. The van der Waals surface area contributed by atoms with Crippen LogP contribution in [0.15, 0.2) is 18.2 Å². The number of amides is 2. The molecule has 0 spiro atoms. The van der Waals surface area contributed by atoms with Crippen LogP contribution in [0.4, 0.5) is 0 Å². The Kier molecular flexibility index (Phi) is 11.1. The van der Waals surface area contributed by atoms with Gasteiger partial charge < -0.3 is 10.6 Å². The second-order valence-corrected chi connectivity index (χ2v) is 8.55. The minimum Gasteiger partial charge on any atom is -0.356 e. The van der Waals surface area contributed by atoms with Crippen molar-refractivity contribution in [2.75, 3.05) is 19.0 Å². The first kappa shape index (κ1) is 25.7. The van der Waals surface area contributed by atoms with Gasteiger partial charge in [0, 0.05) is 43.0 Å². The zero-order chi connectivity index (χ0) is 23.3. The van der Waals surface area contributed by atoms with Crippen LogP contribution >= 0.6 is 11.6 Å². The third-order valence-electron chi connectivity index (χ3n) is 5.93. The van der Waals surface area contributed by atoms with Crippen LogP contribution in [0.2, 0.25) is 0 Å². The summed E-state index contributed by atoms with van der Waals surface area (Å²) < 4.78 is 0. The summed E-state index contributed by atoms with van der Waals surface area (Å²) in [6, 6.07) is 5.00. The first-order valence-electron chi connectivity index (χ1n) is 11.1. The van der Waals surface area contributed by atoms with E-state index in [0.717, 1.165) is 31.2 Å². The predicted octanol–water partition coefficient (Wildman–Crippen LogP) is 2.87. The maximum absolute atomic E-state index is 12.3. The number of nitrogens with one attached hydrogen (secondary N) is 2. The molecule has 2 N–H and O–H groups in total. The van der Waals surface area contributed by atoms with Gasteiger partial charge in [0.25, 0.3) is 0 Å². The lowest BCUT2D eigenvalue weighted by Crippen LogP contribution is -2.36. The van der Waals surface area contributed by atoms with Gasteiger partial charge >= 0.3 is 0 Å². The summed E-state index contributed by atoms with van der Waals surface area (Å²) in [5.74, 6) is 0.351. The van der Waals surface area contributed by atoms with Crippen molar-refractivity contribution in [2.24, 2.45) is 11.8 Å². The average molecular weight is 463 g/mol. The van der Waals surface area contributed by atoms with Crippen molar-refractivity contribution in [1.82, 2.24) is 10.6 Å². The zero-order valence-electron chi connectivity index (χ0n) is 18.2. The molecule has 32 heavy (non-hydrogen) atoms. The monoisotopic (exact) mass is 462 g/mol. The second kappa shape index (κ2) is 13.8. The lowest BCUT2D eigenvalue weighted by molar-refractivity contribution is -0.126. The Balaban J connectivity index is 1.63. The van der Waals surface area contributed by atoms with Crippen LogP contribution in [0.3, 0.4) is 0 Å². The normalized spacial score (nSPS) is 17.9. The molecule has 1 aliphatic rings. The molecule has 1 aromatic rings. The number of carbonyl (C=O) groups is 5. The molecule has 1 saturated carbocycles. The molecule has 0 aliphatic heterocycles. The van der Waals surface area contributed by atoms with Crippen molar-refractivity contribution in [3.05, 3.63) is 34.9 Å². The Morgan fingerprint density at radius 2 is 1.69 bits per heavy atom. The third-order valence-corrected chi connectivity index (χ3v) is 6.23. The number of Topliss-reactive ketones (excluding diaryl/α,β-unsaturated/α-hetero) is 1. The molecular formula is C24H31ClN2O5. The fourth-order valence-corrected chi connectivity index (χ4v) is 4.06. The molecule has 8 heteroatoms. The van der Waals surface area contributed by atoms with Crippen LogP contribution in [0, 0.1) is 11.8 Å². The number of aryl methyl sites for hydroxylation is 1. The van der Waals surface area contributed by atoms with Gasteiger partial charge in [0.1, 0.15) is 5.78 Å². The smallest absolute Gasteiger partial charge is 0.223 e. The molecule has 7 nitrogen and oxygen atoms in total. The number of halogens is 1. The number of alkyl halides is 1. The number of hydrogen-bond acceptors (Lipinski definition) is 5. The van der Waals surface area contributed by atoms with Crippen LogP contribution < -0.4 is 10.6 Å². The van der Waals surface area contributed by atoms with Crippen molar-refractivity contribution < 1.29 is 24.0 Å². The van der Waals surface area contributed by atoms with Gasteiger partial charge in [0.05, 0.1) is 5.88 Å². The van der Waals surface area contributed by atoms with E-state index in [0.29, 0.717) is 68.4 Å². The van der Waals surface area contributed by atoms with E-state index in [1.165, 1.54) is 0 Å². The van der Waals surface area contributed by atoms with Gasteiger partial charge in [-0.3, -0.25) is 24.0 Å². The van der Waals surface area contributed by atoms with Gasteiger partial charge in [0.2, 0.25) is 11.8 Å². The van der Waals surface area contributed by atoms with Crippen LogP contribution in [-0.4, -0.2) is 49.1 Å². The number of ketones is 1. The molecule has 1 aromatic carbocycles. The minimum absolute atomic E-state index is 0.00738. The van der Waals surface area contributed by atoms with Crippen molar-refractivity contribution in [3.8, 4) is 0 Å². The zero-order valence-corrected chi connectivity index (χ0v) is 19.0. The summed E-state index contributed by atoms with van der Waals surface area (Å²) in [4.78, 5) is 57.5. The average Bonchev–Trinajstić information content (AvgIpc) is 2.83. The second-order valence-electron chi connectivity index (χ2n) is 8.29. The lowest BCUT2D eigenvalue weighted by atomic mass is 9.81. The molecule has 0 heterocycles. The molecule has 0 saturated heterocycles. The summed E-state index contributed by atoms with van der Waals surface area (Å²) in [6.45, 7) is 1.08. The fourth-order valence-electron chi connectivity index (χ4n) is 3.93. The number of benzene rings is 1. The first-order valence-corrected chi connectivity index (χ1v) is 11.7. The van der Waals surface area contributed by atoms with E-state index < -0.39 is 0 Å².